The third-order valence-electron chi connectivity index (χ3n) is 5.50. The molecule has 0 spiro atoms. The largest absolute Gasteiger partial charge is 0.457 e. The third-order valence-corrected chi connectivity index (χ3v) is 5.50. The molecule has 0 aliphatic carbocycles. The molecule has 5 rings (SSSR count). The average Bonchev–Trinajstić information content (AvgIpc) is 3.13. The van der Waals surface area contributed by atoms with E-state index in [1.54, 1.807) is 6.92 Å². The summed E-state index contributed by atoms with van der Waals surface area (Å²) in [4.78, 5) is 0. The zero-order valence-electron chi connectivity index (χ0n) is 31.5. The molecule has 5 aromatic rings. The lowest BCUT2D eigenvalue weighted by atomic mass is 10.2. The molecular formula is C43H62O5. The molecule has 0 unspecified atom stereocenters. The van der Waals surface area contributed by atoms with Gasteiger partial charge in [-0.15, -0.1) is 0 Å². The molecule has 0 radical (unpaired) electrons. The van der Waals surface area contributed by atoms with Gasteiger partial charge in [0.1, 0.15) is 23.0 Å². The van der Waals surface area contributed by atoms with Crippen molar-refractivity contribution in [1.82, 2.24) is 0 Å². The SMILES string of the molecule is CC.CC.CCO.CO.CO.Cc1ccc(Oc2ccc(C)cc2)cc1.Cc1ccc(Oc2ccc(C)cc2)cc1.Cc1ccccc1. The van der Waals surface area contributed by atoms with Crippen LogP contribution in [0, 0.1) is 34.6 Å². The molecule has 5 aromatic carbocycles. The second kappa shape index (κ2) is 33.9. The Kier molecular flexibility index (Phi) is 33.9. The summed E-state index contributed by atoms with van der Waals surface area (Å²) in [5.74, 6) is 3.52. The highest BCUT2D eigenvalue weighted by molar-refractivity contribution is 5.35. The summed E-state index contributed by atoms with van der Waals surface area (Å²) in [5.41, 5.74) is 6.29. The predicted octanol–water partition coefficient (Wildman–Crippen LogP) is 11.5. The first-order valence-corrected chi connectivity index (χ1v) is 16.4. The van der Waals surface area contributed by atoms with Gasteiger partial charge in [0.15, 0.2) is 0 Å². The summed E-state index contributed by atoms with van der Waals surface area (Å²) in [7, 11) is 2.00. The van der Waals surface area contributed by atoms with Crippen LogP contribution in [0.1, 0.15) is 62.4 Å². The fourth-order valence-electron chi connectivity index (χ4n) is 3.23. The molecule has 0 fully saturated rings. The predicted molar refractivity (Wildman–Crippen MR) is 208 cm³/mol. The van der Waals surface area contributed by atoms with Gasteiger partial charge in [-0.05, 0) is 90.1 Å². The highest BCUT2D eigenvalue weighted by Gasteiger charge is 1.97. The van der Waals surface area contributed by atoms with Crippen LogP contribution in [-0.2, 0) is 0 Å². The maximum atomic E-state index is 7.57. The van der Waals surface area contributed by atoms with E-state index in [1.807, 2.05) is 143 Å². The molecule has 0 atom stereocenters. The van der Waals surface area contributed by atoms with Gasteiger partial charge in [-0.3, -0.25) is 0 Å². The van der Waals surface area contributed by atoms with Crippen molar-refractivity contribution in [3.63, 3.8) is 0 Å². The summed E-state index contributed by atoms with van der Waals surface area (Å²) >= 11 is 0. The summed E-state index contributed by atoms with van der Waals surface area (Å²) < 4.78 is 11.4. The normalized spacial score (nSPS) is 8.40. The van der Waals surface area contributed by atoms with Crippen LogP contribution in [0.2, 0.25) is 0 Å². The molecule has 0 saturated heterocycles. The van der Waals surface area contributed by atoms with Crippen LogP contribution in [0.3, 0.4) is 0 Å². The van der Waals surface area contributed by atoms with Crippen LogP contribution in [0.5, 0.6) is 23.0 Å². The Balaban J connectivity index is -0.000000572. The van der Waals surface area contributed by atoms with Gasteiger partial charge >= 0.3 is 0 Å². The van der Waals surface area contributed by atoms with E-state index >= 15 is 0 Å². The van der Waals surface area contributed by atoms with Crippen molar-refractivity contribution < 1.29 is 24.8 Å². The Bertz CT molecular complexity index is 1160. The number of hydrogen-bond acceptors (Lipinski definition) is 5. The Morgan fingerprint density at radius 2 is 0.521 bits per heavy atom. The topological polar surface area (TPSA) is 79.2 Å². The van der Waals surface area contributed by atoms with Gasteiger partial charge in [-0.2, -0.15) is 0 Å². The Morgan fingerprint density at radius 3 is 0.667 bits per heavy atom. The third kappa shape index (κ3) is 25.7. The standard InChI is InChI=1S/2C14H14O.C7H8.C2H6O.2C2H6.2CH4O/c2*1-11-3-7-13(8-4-11)15-14-9-5-12(2)6-10-14;1-7-5-3-2-4-6-7;1-2-3;4*1-2/h2*3-10H,1-2H3;2-6H,1H3;3H,2H2,1H3;2*1-2H3;2*2H,1H3. The van der Waals surface area contributed by atoms with Crippen molar-refractivity contribution in [1.29, 1.82) is 0 Å². The van der Waals surface area contributed by atoms with Gasteiger partial charge in [-0.25, -0.2) is 0 Å². The van der Waals surface area contributed by atoms with Crippen LogP contribution in [-0.4, -0.2) is 36.1 Å². The second-order valence-corrected chi connectivity index (χ2v) is 9.43. The molecule has 3 N–H and O–H groups in total. The van der Waals surface area contributed by atoms with Crippen LogP contribution in [0.4, 0.5) is 0 Å². The van der Waals surface area contributed by atoms with E-state index < -0.39 is 0 Å². The maximum absolute atomic E-state index is 7.57. The van der Waals surface area contributed by atoms with Gasteiger partial charge < -0.3 is 24.8 Å². The minimum absolute atomic E-state index is 0.250. The molecule has 5 nitrogen and oxygen atoms in total. The van der Waals surface area contributed by atoms with Gasteiger partial charge in [0.2, 0.25) is 0 Å². The molecule has 0 bridgehead atoms. The first kappa shape index (κ1) is 48.0. The van der Waals surface area contributed by atoms with Crippen LogP contribution in [0.25, 0.3) is 0 Å². The number of ether oxygens (including phenoxy) is 2. The monoisotopic (exact) mass is 658 g/mol. The Morgan fingerprint density at radius 1 is 0.354 bits per heavy atom. The average molecular weight is 659 g/mol. The van der Waals surface area contributed by atoms with E-state index in [9.17, 15) is 0 Å². The lowest BCUT2D eigenvalue weighted by Crippen LogP contribution is -1.84. The minimum atomic E-state index is 0.250. The van der Waals surface area contributed by atoms with Gasteiger partial charge in [-0.1, -0.05) is 134 Å². The highest BCUT2D eigenvalue weighted by Crippen LogP contribution is 2.22. The van der Waals surface area contributed by atoms with E-state index in [2.05, 4.69) is 46.8 Å². The first-order valence-electron chi connectivity index (χ1n) is 16.4. The Labute approximate surface area is 292 Å². The van der Waals surface area contributed by atoms with Crippen molar-refractivity contribution in [2.75, 3.05) is 20.8 Å². The number of rotatable bonds is 4. The highest BCUT2D eigenvalue weighted by atomic mass is 16.5. The van der Waals surface area contributed by atoms with Crippen molar-refractivity contribution in [2.45, 2.75) is 69.2 Å². The maximum Gasteiger partial charge on any atom is 0.127 e. The summed E-state index contributed by atoms with van der Waals surface area (Å²) in [6.45, 7) is 20.3. The first-order chi connectivity index (χ1) is 23.3. The van der Waals surface area contributed by atoms with Gasteiger partial charge in [0.25, 0.3) is 0 Å². The smallest absolute Gasteiger partial charge is 0.127 e. The number of aliphatic hydroxyl groups excluding tert-OH is 3. The van der Waals surface area contributed by atoms with Crippen LogP contribution >= 0.6 is 0 Å². The van der Waals surface area contributed by atoms with E-state index in [0.717, 1.165) is 37.2 Å². The molecule has 264 valence electrons. The van der Waals surface area contributed by atoms with Crippen LogP contribution < -0.4 is 9.47 Å². The molecule has 48 heavy (non-hydrogen) atoms. The number of aliphatic hydroxyl groups is 3. The van der Waals surface area contributed by atoms with E-state index in [0.29, 0.717) is 0 Å². The lowest BCUT2D eigenvalue weighted by Gasteiger charge is -2.05. The Hall–Kier alpha value is -4.42. The van der Waals surface area contributed by atoms with Gasteiger partial charge in [0, 0.05) is 20.8 Å². The van der Waals surface area contributed by atoms with Crippen molar-refractivity contribution >= 4 is 0 Å². The molecule has 5 heteroatoms. The van der Waals surface area contributed by atoms with Gasteiger partial charge in [0.05, 0.1) is 0 Å². The van der Waals surface area contributed by atoms with E-state index in [-0.39, 0.29) is 6.61 Å². The molecule has 0 amide bonds. The molecular weight excluding hydrogens is 596 g/mol. The molecule has 0 aliphatic heterocycles. The summed E-state index contributed by atoms with van der Waals surface area (Å²) in [6, 6.07) is 42.5. The zero-order chi connectivity index (χ0) is 37.2. The summed E-state index contributed by atoms with van der Waals surface area (Å²) in [6.07, 6.45) is 0. The summed E-state index contributed by atoms with van der Waals surface area (Å²) in [5, 5.41) is 21.6. The quantitative estimate of drug-likeness (QED) is 0.179. The fraction of sp³-hybridized carbons (Fsp3) is 0.302. The van der Waals surface area contributed by atoms with E-state index in [1.165, 1.54) is 27.8 Å². The van der Waals surface area contributed by atoms with Crippen molar-refractivity contribution in [2.24, 2.45) is 0 Å². The zero-order valence-corrected chi connectivity index (χ0v) is 31.5. The minimum Gasteiger partial charge on any atom is -0.457 e. The van der Waals surface area contributed by atoms with E-state index in [4.69, 9.17) is 24.8 Å². The van der Waals surface area contributed by atoms with Crippen molar-refractivity contribution in [3.8, 4) is 23.0 Å². The number of aryl methyl sites for hydroxylation is 5. The molecule has 0 aliphatic rings. The molecule has 0 saturated carbocycles. The molecule has 0 aromatic heterocycles. The second-order valence-electron chi connectivity index (χ2n) is 9.43. The van der Waals surface area contributed by atoms with Crippen LogP contribution in [0.15, 0.2) is 127 Å². The fourth-order valence-corrected chi connectivity index (χ4v) is 3.23. The molecule has 0 heterocycles. The number of benzene rings is 5. The number of hydrogen-bond donors (Lipinski definition) is 3. The van der Waals surface area contributed by atoms with Crippen molar-refractivity contribution in [3.05, 3.63) is 155 Å². The lowest BCUT2D eigenvalue weighted by molar-refractivity contribution is 0.318.